The molecular formula is C19H20N2O3S. The van der Waals surface area contributed by atoms with Crippen LogP contribution in [0, 0.1) is 0 Å². The van der Waals surface area contributed by atoms with E-state index in [4.69, 9.17) is 0 Å². The van der Waals surface area contributed by atoms with E-state index in [2.05, 4.69) is 5.32 Å². The van der Waals surface area contributed by atoms with Crippen molar-refractivity contribution in [3.63, 3.8) is 0 Å². The lowest BCUT2D eigenvalue weighted by atomic mass is 10.1. The summed E-state index contributed by atoms with van der Waals surface area (Å²) in [5.74, 6) is -0.0482. The van der Waals surface area contributed by atoms with Gasteiger partial charge in [0.25, 0.3) is 5.91 Å². The molecule has 1 amide bonds. The van der Waals surface area contributed by atoms with E-state index in [-0.39, 0.29) is 11.7 Å². The average Bonchev–Trinajstić information content (AvgIpc) is 2.95. The highest BCUT2D eigenvalue weighted by Gasteiger charge is 2.28. The second-order valence-corrected chi connectivity index (χ2v) is 8.00. The predicted molar refractivity (Wildman–Crippen MR) is 101 cm³/mol. The maximum Gasteiger partial charge on any atom is 0.251 e. The van der Waals surface area contributed by atoms with Crippen LogP contribution in [0.15, 0.2) is 60.2 Å². The van der Waals surface area contributed by atoms with Crippen molar-refractivity contribution in [1.82, 2.24) is 0 Å². The summed E-state index contributed by atoms with van der Waals surface area (Å²) in [5, 5.41) is 2.82. The second kappa shape index (κ2) is 7.11. The third kappa shape index (κ3) is 4.09. The molecule has 0 aromatic heterocycles. The third-order valence-electron chi connectivity index (χ3n) is 4.03. The van der Waals surface area contributed by atoms with E-state index in [1.54, 1.807) is 31.2 Å². The van der Waals surface area contributed by atoms with Gasteiger partial charge in [0.15, 0.2) is 0 Å². The summed E-state index contributed by atoms with van der Waals surface area (Å²) >= 11 is 0. The number of carbonyl (C=O) groups excluding carboxylic acids is 1. The summed E-state index contributed by atoms with van der Waals surface area (Å²) in [5.41, 5.74) is 2.68. The van der Waals surface area contributed by atoms with Gasteiger partial charge in [-0.25, -0.2) is 8.42 Å². The number of benzene rings is 2. The van der Waals surface area contributed by atoms with Crippen molar-refractivity contribution in [2.75, 3.05) is 21.9 Å². The zero-order chi connectivity index (χ0) is 17.9. The molecule has 5 nitrogen and oxygen atoms in total. The summed E-state index contributed by atoms with van der Waals surface area (Å²) in [7, 11) is -3.23. The molecule has 0 unspecified atom stereocenters. The SMILES string of the molecule is C/C(=C\c1ccccc1)C(=O)Nc1cccc(N2CCCS2(=O)=O)c1. The van der Waals surface area contributed by atoms with Crippen LogP contribution in [0.3, 0.4) is 0 Å². The first-order chi connectivity index (χ1) is 12.0. The fraction of sp³-hybridized carbons (Fsp3) is 0.211. The van der Waals surface area contributed by atoms with Crippen molar-refractivity contribution in [3.8, 4) is 0 Å². The molecule has 3 rings (SSSR count). The van der Waals surface area contributed by atoms with Crippen LogP contribution < -0.4 is 9.62 Å². The standard InChI is InChI=1S/C19H20N2O3S/c1-15(13-16-7-3-2-4-8-16)19(22)20-17-9-5-10-18(14-17)21-11-6-12-25(21,23)24/h2-5,7-10,13-14H,6,11-12H2,1H3,(H,20,22)/b15-13+. The van der Waals surface area contributed by atoms with Gasteiger partial charge in [0, 0.05) is 17.8 Å². The van der Waals surface area contributed by atoms with Gasteiger partial charge < -0.3 is 5.32 Å². The largest absolute Gasteiger partial charge is 0.322 e. The molecule has 25 heavy (non-hydrogen) atoms. The molecule has 0 bridgehead atoms. The van der Waals surface area contributed by atoms with Gasteiger partial charge in [0.2, 0.25) is 10.0 Å². The molecule has 1 N–H and O–H groups in total. The average molecular weight is 356 g/mol. The number of anilines is 2. The number of rotatable bonds is 4. The summed E-state index contributed by atoms with van der Waals surface area (Å²) in [6, 6.07) is 16.5. The van der Waals surface area contributed by atoms with Gasteiger partial charge >= 0.3 is 0 Å². The lowest BCUT2D eigenvalue weighted by Gasteiger charge is -2.17. The molecule has 2 aromatic rings. The molecule has 2 aromatic carbocycles. The van der Waals surface area contributed by atoms with Gasteiger partial charge in [-0.2, -0.15) is 0 Å². The minimum atomic E-state index is -3.23. The van der Waals surface area contributed by atoms with Gasteiger partial charge in [-0.15, -0.1) is 0 Å². The fourth-order valence-electron chi connectivity index (χ4n) is 2.76. The molecule has 1 aliphatic rings. The molecule has 1 aliphatic heterocycles. The second-order valence-electron chi connectivity index (χ2n) is 5.98. The Morgan fingerprint density at radius 3 is 2.56 bits per heavy atom. The molecule has 0 saturated carbocycles. The molecule has 0 radical (unpaired) electrons. The number of carbonyl (C=O) groups is 1. The third-order valence-corrected chi connectivity index (χ3v) is 5.90. The maximum atomic E-state index is 12.4. The van der Waals surface area contributed by atoms with E-state index in [9.17, 15) is 13.2 Å². The minimum absolute atomic E-state index is 0.169. The Kier molecular flexibility index (Phi) is 4.90. The van der Waals surface area contributed by atoms with E-state index in [0.717, 1.165) is 5.56 Å². The fourth-order valence-corrected chi connectivity index (χ4v) is 4.32. The van der Waals surface area contributed by atoms with Gasteiger partial charge in [-0.05, 0) is 43.2 Å². The predicted octanol–water partition coefficient (Wildman–Crippen LogP) is 3.27. The van der Waals surface area contributed by atoms with Crippen molar-refractivity contribution in [2.45, 2.75) is 13.3 Å². The monoisotopic (exact) mass is 356 g/mol. The van der Waals surface area contributed by atoms with Gasteiger partial charge in [0.05, 0.1) is 11.4 Å². The Hall–Kier alpha value is -2.60. The highest BCUT2D eigenvalue weighted by atomic mass is 32.2. The Morgan fingerprint density at radius 1 is 1.12 bits per heavy atom. The van der Waals surface area contributed by atoms with Gasteiger partial charge in [-0.1, -0.05) is 36.4 Å². The quantitative estimate of drug-likeness (QED) is 0.855. The first-order valence-corrected chi connectivity index (χ1v) is 9.72. The Labute approximate surface area is 148 Å². The summed E-state index contributed by atoms with van der Waals surface area (Å²) in [4.78, 5) is 12.4. The van der Waals surface area contributed by atoms with E-state index in [1.165, 1.54) is 4.31 Å². The van der Waals surface area contributed by atoms with Crippen LogP contribution in [0.2, 0.25) is 0 Å². The van der Waals surface area contributed by atoms with Gasteiger partial charge in [-0.3, -0.25) is 9.10 Å². The molecule has 1 saturated heterocycles. The molecule has 130 valence electrons. The van der Waals surface area contributed by atoms with Crippen molar-refractivity contribution >= 4 is 33.4 Å². The van der Waals surface area contributed by atoms with E-state index in [0.29, 0.717) is 29.9 Å². The Balaban J connectivity index is 1.76. The topological polar surface area (TPSA) is 66.5 Å². The number of sulfonamides is 1. The minimum Gasteiger partial charge on any atom is -0.322 e. The normalized spacial score (nSPS) is 16.7. The number of nitrogens with one attached hydrogen (secondary N) is 1. The van der Waals surface area contributed by atoms with Crippen LogP contribution in [-0.2, 0) is 14.8 Å². The molecule has 6 heteroatoms. The summed E-state index contributed by atoms with van der Waals surface area (Å²) < 4.78 is 25.5. The highest BCUT2D eigenvalue weighted by Crippen LogP contribution is 2.26. The van der Waals surface area contributed by atoms with Crippen molar-refractivity contribution in [2.24, 2.45) is 0 Å². The van der Waals surface area contributed by atoms with Crippen molar-refractivity contribution < 1.29 is 13.2 Å². The van der Waals surface area contributed by atoms with E-state index < -0.39 is 10.0 Å². The zero-order valence-electron chi connectivity index (χ0n) is 14.0. The van der Waals surface area contributed by atoms with Crippen LogP contribution in [0.5, 0.6) is 0 Å². The molecule has 0 spiro atoms. The first kappa shape index (κ1) is 17.2. The smallest absolute Gasteiger partial charge is 0.251 e. The number of amides is 1. The molecule has 0 aliphatic carbocycles. The number of hydrogen-bond donors (Lipinski definition) is 1. The summed E-state index contributed by atoms with van der Waals surface area (Å²) in [6.45, 7) is 2.23. The van der Waals surface area contributed by atoms with E-state index >= 15 is 0 Å². The van der Waals surface area contributed by atoms with E-state index in [1.807, 2.05) is 36.4 Å². The van der Waals surface area contributed by atoms with Crippen LogP contribution in [0.1, 0.15) is 18.9 Å². The molecule has 1 heterocycles. The molecule has 0 atom stereocenters. The molecule has 1 fully saturated rings. The number of nitrogens with zero attached hydrogens (tertiary/aromatic N) is 1. The maximum absolute atomic E-state index is 12.4. The zero-order valence-corrected chi connectivity index (χ0v) is 14.8. The number of hydrogen-bond acceptors (Lipinski definition) is 3. The van der Waals surface area contributed by atoms with Crippen LogP contribution in [-0.4, -0.2) is 26.6 Å². The lowest BCUT2D eigenvalue weighted by molar-refractivity contribution is -0.112. The van der Waals surface area contributed by atoms with Crippen molar-refractivity contribution in [1.29, 1.82) is 0 Å². The summed E-state index contributed by atoms with van der Waals surface area (Å²) in [6.07, 6.45) is 2.43. The Morgan fingerprint density at radius 2 is 1.88 bits per heavy atom. The van der Waals surface area contributed by atoms with Crippen molar-refractivity contribution in [3.05, 3.63) is 65.7 Å². The van der Waals surface area contributed by atoms with Crippen LogP contribution >= 0.6 is 0 Å². The molecular weight excluding hydrogens is 336 g/mol. The van der Waals surface area contributed by atoms with Crippen LogP contribution in [0.4, 0.5) is 11.4 Å². The lowest BCUT2D eigenvalue weighted by Crippen LogP contribution is -2.25. The highest BCUT2D eigenvalue weighted by molar-refractivity contribution is 7.93. The van der Waals surface area contributed by atoms with Gasteiger partial charge in [0.1, 0.15) is 0 Å². The first-order valence-electron chi connectivity index (χ1n) is 8.11. The van der Waals surface area contributed by atoms with Crippen LogP contribution in [0.25, 0.3) is 6.08 Å². The Bertz CT molecular complexity index is 905.